The van der Waals surface area contributed by atoms with Crippen LogP contribution in [0.2, 0.25) is 0 Å². The third-order valence-corrected chi connectivity index (χ3v) is 4.61. The van der Waals surface area contributed by atoms with Crippen molar-refractivity contribution in [2.75, 3.05) is 7.11 Å². The van der Waals surface area contributed by atoms with Gasteiger partial charge >= 0.3 is 11.9 Å². The number of ether oxygens (including phenoxy) is 2. The van der Waals surface area contributed by atoms with Gasteiger partial charge in [-0.25, -0.2) is 14.6 Å². The van der Waals surface area contributed by atoms with Crippen LogP contribution in [-0.4, -0.2) is 28.6 Å². The first kappa shape index (κ1) is 16.3. The molecule has 6 nitrogen and oxygen atoms in total. The second-order valence-electron chi connectivity index (χ2n) is 6.34. The number of aromatic nitrogens is 2. The zero-order chi connectivity index (χ0) is 18.3. The van der Waals surface area contributed by atoms with Crippen molar-refractivity contribution in [3.05, 3.63) is 59.5 Å². The van der Waals surface area contributed by atoms with E-state index >= 15 is 0 Å². The van der Waals surface area contributed by atoms with E-state index < -0.39 is 5.97 Å². The summed E-state index contributed by atoms with van der Waals surface area (Å²) in [5.41, 5.74) is 2.57. The summed E-state index contributed by atoms with van der Waals surface area (Å²) in [5, 5.41) is 0.729. The highest BCUT2D eigenvalue weighted by Crippen LogP contribution is 2.42. The van der Waals surface area contributed by atoms with Gasteiger partial charge in [-0.05, 0) is 50.1 Å². The van der Waals surface area contributed by atoms with Crippen molar-refractivity contribution in [3.8, 4) is 5.75 Å². The fourth-order valence-electron chi connectivity index (χ4n) is 3.29. The minimum absolute atomic E-state index is 0.229. The van der Waals surface area contributed by atoms with Crippen LogP contribution in [0.3, 0.4) is 0 Å². The van der Waals surface area contributed by atoms with Crippen LogP contribution in [0.4, 0.5) is 0 Å². The second kappa shape index (κ2) is 6.29. The van der Waals surface area contributed by atoms with E-state index in [9.17, 15) is 9.59 Å². The van der Waals surface area contributed by atoms with E-state index in [0.29, 0.717) is 17.4 Å². The first-order valence-corrected chi connectivity index (χ1v) is 8.46. The zero-order valence-electron chi connectivity index (χ0n) is 14.6. The van der Waals surface area contributed by atoms with Gasteiger partial charge in [0.1, 0.15) is 11.4 Å². The van der Waals surface area contributed by atoms with Gasteiger partial charge < -0.3 is 14.0 Å². The van der Waals surface area contributed by atoms with Gasteiger partial charge in [-0.15, -0.1) is 0 Å². The Labute approximate surface area is 150 Å². The lowest BCUT2D eigenvalue weighted by molar-refractivity contribution is 0.0601. The van der Waals surface area contributed by atoms with Crippen LogP contribution >= 0.6 is 0 Å². The van der Waals surface area contributed by atoms with E-state index in [1.807, 2.05) is 13.0 Å². The fraction of sp³-hybridized carbons (Fsp3) is 0.250. The number of carbonyl (C=O) groups is 2. The van der Waals surface area contributed by atoms with Crippen LogP contribution < -0.4 is 4.74 Å². The Morgan fingerprint density at radius 2 is 1.96 bits per heavy atom. The number of pyridine rings is 1. The van der Waals surface area contributed by atoms with Crippen LogP contribution in [0.25, 0.3) is 10.9 Å². The average Bonchev–Trinajstić information content (AvgIpc) is 3.45. The van der Waals surface area contributed by atoms with Crippen molar-refractivity contribution in [2.45, 2.75) is 25.8 Å². The number of carbonyl (C=O) groups excluding carboxylic acids is 2. The summed E-state index contributed by atoms with van der Waals surface area (Å²) in [6, 6.07) is 10.8. The molecule has 0 aliphatic heterocycles. The van der Waals surface area contributed by atoms with Crippen LogP contribution in [-0.2, 0) is 4.74 Å². The van der Waals surface area contributed by atoms with Crippen molar-refractivity contribution >= 4 is 22.8 Å². The van der Waals surface area contributed by atoms with Crippen molar-refractivity contribution in [3.63, 3.8) is 0 Å². The fourth-order valence-corrected chi connectivity index (χ4v) is 3.29. The summed E-state index contributed by atoms with van der Waals surface area (Å²) in [4.78, 5) is 28.5. The average molecular weight is 350 g/mol. The molecule has 0 bridgehead atoms. The minimum atomic E-state index is -0.539. The summed E-state index contributed by atoms with van der Waals surface area (Å²) in [6.45, 7) is 1.92. The van der Waals surface area contributed by atoms with Gasteiger partial charge in [-0.2, -0.15) is 0 Å². The largest absolute Gasteiger partial charge is 0.465 e. The standard InChI is InChI=1S/C20H18N2O4/c1-12-18(20(24)25-2)15-11-14(8-9-17(15)22(12)13-6-7-13)26-19(23)16-5-3-4-10-21-16/h3-5,8-11,13H,6-7H2,1-2H3. The van der Waals surface area contributed by atoms with Crippen molar-refractivity contribution in [1.29, 1.82) is 0 Å². The SMILES string of the molecule is COC(=O)c1c(C)n(C2CC2)c2ccc(OC(=O)c3ccccn3)cc12. The van der Waals surface area contributed by atoms with E-state index in [-0.39, 0.29) is 11.7 Å². The number of nitrogens with zero attached hydrogens (tertiary/aromatic N) is 2. The summed E-state index contributed by atoms with van der Waals surface area (Å²) in [6.07, 6.45) is 3.73. The number of benzene rings is 1. The number of fused-ring (bicyclic) bond motifs is 1. The number of rotatable bonds is 4. The molecule has 1 aliphatic carbocycles. The van der Waals surface area contributed by atoms with Crippen molar-refractivity contribution in [1.82, 2.24) is 9.55 Å². The number of hydrogen-bond acceptors (Lipinski definition) is 5. The first-order valence-electron chi connectivity index (χ1n) is 8.46. The van der Waals surface area contributed by atoms with Gasteiger partial charge in [-0.3, -0.25) is 0 Å². The van der Waals surface area contributed by atoms with Gasteiger partial charge in [0.25, 0.3) is 0 Å². The maximum atomic E-state index is 12.3. The smallest absolute Gasteiger partial charge is 0.362 e. The highest BCUT2D eigenvalue weighted by molar-refractivity contribution is 6.06. The van der Waals surface area contributed by atoms with Gasteiger partial charge in [-0.1, -0.05) is 6.07 Å². The molecule has 0 spiro atoms. The molecule has 0 saturated heterocycles. The first-order chi connectivity index (χ1) is 12.6. The minimum Gasteiger partial charge on any atom is -0.465 e. The molecule has 0 atom stereocenters. The predicted molar refractivity (Wildman–Crippen MR) is 95.5 cm³/mol. The molecule has 1 aliphatic rings. The quantitative estimate of drug-likeness (QED) is 0.530. The van der Waals surface area contributed by atoms with Crippen LogP contribution in [0, 0.1) is 6.92 Å². The molecule has 0 amide bonds. The molecule has 0 N–H and O–H groups in total. The molecule has 1 fully saturated rings. The van der Waals surface area contributed by atoms with Crippen LogP contribution in [0.15, 0.2) is 42.6 Å². The van der Waals surface area contributed by atoms with Gasteiger partial charge in [0, 0.05) is 28.8 Å². The number of hydrogen-bond donors (Lipinski definition) is 0. The molecule has 2 aromatic heterocycles. The van der Waals surface area contributed by atoms with E-state index in [2.05, 4.69) is 9.55 Å². The third-order valence-electron chi connectivity index (χ3n) is 4.61. The molecule has 4 rings (SSSR count). The predicted octanol–water partition coefficient (Wildman–Crippen LogP) is 3.69. The molecule has 1 saturated carbocycles. The lowest BCUT2D eigenvalue weighted by Gasteiger charge is -2.07. The number of esters is 2. The maximum absolute atomic E-state index is 12.3. The Kier molecular flexibility index (Phi) is 3.95. The third kappa shape index (κ3) is 2.73. The lowest BCUT2D eigenvalue weighted by atomic mass is 10.1. The Balaban J connectivity index is 1.76. The normalized spacial score (nSPS) is 13.6. The second-order valence-corrected chi connectivity index (χ2v) is 6.34. The summed E-state index contributed by atoms with van der Waals surface area (Å²) in [7, 11) is 1.37. The Hall–Kier alpha value is -3.15. The van der Waals surface area contributed by atoms with Crippen molar-refractivity contribution < 1.29 is 19.1 Å². The summed E-state index contributed by atoms with van der Waals surface area (Å²) >= 11 is 0. The topological polar surface area (TPSA) is 70.4 Å². The maximum Gasteiger partial charge on any atom is 0.362 e. The van der Waals surface area contributed by atoms with E-state index in [1.54, 1.807) is 30.3 Å². The Bertz CT molecular complexity index is 1000. The molecule has 6 heteroatoms. The zero-order valence-corrected chi connectivity index (χ0v) is 14.6. The van der Waals surface area contributed by atoms with E-state index in [4.69, 9.17) is 9.47 Å². The lowest BCUT2D eigenvalue weighted by Crippen LogP contribution is -2.10. The highest BCUT2D eigenvalue weighted by Gasteiger charge is 2.30. The van der Waals surface area contributed by atoms with E-state index in [1.165, 1.54) is 13.3 Å². The molecule has 3 aromatic rings. The molecule has 0 radical (unpaired) electrons. The van der Waals surface area contributed by atoms with Gasteiger partial charge in [0.05, 0.1) is 12.7 Å². The molecular formula is C20H18N2O4. The molecule has 2 heterocycles. The van der Waals surface area contributed by atoms with Crippen molar-refractivity contribution in [2.24, 2.45) is 0 Å². The monoisotopic (exact) mass is 350 g/mol. The molecule has 1 aromatic carbocycles. The highest BCUT2D eigenvalue weighted by atomic mass is 16.5. The van der Waals surface area contributed by atoms with Crippen LogP contribution in [0.5, 0.6) is 5.75 Å². The molecule has 26 heavy (non-hydrogen) atoms. The van der Waals surface area contributed by atoms with Gasteiger partial charge in [0.2, 0.25) is 0 Å². The molecular weight excluding hydrogens is 332 g/mol. The van der Waals surface area contributed by atoms with Gasteiger partial charge in [0.15, 0.2) is 0 Å². The summed E-state index contributed by atoms with van der Waals surface area (Å²) < 4.78 is 12.6. The van der Waals surface area contributed by atoms with Crippen LogP contribution in [0.1, 0.15) is 45.4 Å². The molecule has 132 valence electrons. The summed E-state index contributed by atoms with van der Waals surface area (Å²) in [5.74, 6) is -0.561. The Morgan fingerprint density at radius 3 is 2.62 bits per heavy atom. The number of methoxy groups -OCH3 is 1. The van der Waals surface area contributed by atoms with E-state index in [0.717, 1.165) is 29.4 Å². The Morgan fingerprint density at radius 1 is 1.15 bits per heavy atom. The molecule has 0 unspecified atom stereocenters.